The van der Waals surface area contributed by atoms with Gasteiger partial charge in [0.25, 0.3) is 0 Å². The van der Waals surface area contributed by atoms with Crippen LogP contribution < -0.4 is 15.4 Å². The van der Waals surface area contributed by atoms with Gasteiger partial charge < -0.3 is 19.9 Å². The van der Waals surface area contributed by atoms with Crippen LogP contribution >= 0.6 is 11.6 Å². The van der Waals surface area contributed by atoms with Crippen molar-refractivity contribution in [2.45, 2.75) is 6.54 Å². The van der Waals surface area contributed by atoms with E-state index in [4.69, 9.17) is 20.9 Å². The lowest BCUT2D eigenvalue weighted by Crippen LogP contribution is -2.28. The van der Waals surface area contributed by atoms with E-state index in [1.807, 2.05) is 18.2 Å². The fourth-order valence-electron chi connectivity index (χ4n) is 2.15. The normalized spacial score (nSPS) is 10.3. The van der Waals surface area contributed by atoms with Crippen LogP contribution in [-0.2, 0) is 6.54 Å². The Kier molecular flexibility index (Phi) is 5.15. The highest BCUT2D eigenvalue weighted by molar-refractivity contribution is 6.33. The molecule has 0 radical (unpaired) electrons. The van der Waals surface area contributed by atoms with Crippen molar-refractivity contribution in [1.29, 1.82) is 0 Å². The van der Waals surface area contributed by atoms with Gasteiger partial charge in [0.2, 0.25) is 11.7 Å². The molecule has 0 aliphatic carbocycles. The van der Waals surface area contributed by atoms with E-state index in [1.54, 1.807) is 30.3 Å². The van der Waals surface area contributed by atoms with E-state index in [-0.39, 0.29) is 12.4 Å². The Morgan fingerprint density at radius 3 is 2.76 bits per heavy atom. The number of carbonyl (C=O) groups excluding carboxylic acids is 1. The van der Waals surface area contributed by atoms with Crippen molar-refractivity contribution in [1.82, 2.24) is 15.5 Å². The molecule has 8 heteroatoms. The highest BCUT2D eigenvalue weighted by Gasteiger charge is 2.12. The molecule has 0 bridgehead atoms. The number of para-hydroxylation sites is 2. The molecule has 0 aliphatic rings. The number of urea groups is 1. The molecule has 0 spiro atoms. The van der Waals surface area contributed by atoms with E-state index >= 15 is 0 Å². The number of hydrogen-bond acceptors (Lipinski definition) is 5. The summed E-state index contributed by atoms with van der Waals surface area (Å²) in [6.07, 6.45) is 0. The molecular formula is C17H15ClN4O3. The first-order chi connectivity index (χ1) is 12.2. The van der Waals surface area contributed by atoms with Gasteiger partial charge in [-0.25, -0.2) is 4.79 Å². The first-order valence-corrected chi connectivity index (χ1v) is 7.80. The van der Waals surface area contributed by atoms with Crippen molar-refractivity contribution < 1.29 is 14.1 Å². The van der Waals surface area contributed by atoms with Gasteiger partial charge >= 0.3 is 6.03 Å². The van der Waals surface area contributed by atoms with Gasteiger partial charge in [-0.1, -0.05) is 41.0 Å². The fourth-order valence-corrected chi connectivity index (χ4v) is 2.37. The third kappa shape index (κ3) is 4.07. The number of ether oxygens (including phenoxy) is 1. The molecule has 25 heavy (non-hydrogen) atoms. The number of rotatable bonds is 5. The molecule has 0 atom stereocenters. The van der Waals surface area contributed by atoms with Gasteiger partial charge in [-0.3, -0.25) is 0 Å². The summed E-state index contributed by atoms with van der Waals surface area (Å²) in [6, 6.07) is 13.9. The number of halogens is 1. The van der Waals surface area contributed by atoms with Crippen molar-refractivity contribution in [3.8, 4) is 17.1 Å². The summed E-state index contributed by atoms with van der Waals surface area (Å²) >= 11 is 6.10. The summed E-state index contributed by atoms with van der Waals surface area (Å²) in [5.41, 5.74) is 1.22. The standard InChI is InChI=1S/C17H15ClN4O3/c1-24-14-9-5-4-8-13(14)20-17(23)19-10-15-21-16(22-25-15)11-6-2-3-7-12(11)18/h2-9H,10H2,1H3,(H2,19,20,23). The van der Waals surface area contributed by atoms with Crippen molar-refractivity contribution in [3.63, 3.8) is 0 Å². The number of amides is 2. The summed E-state index contributed by atoms with van der Waals surface area (Å²) in [4.78, 5) is 16.2. The topological polar surface area (TPSA) is 89.3 Å². The summed E-state index contributed by atoms with van der Waals surface area (Å²) in [7, 11) is 1.53. The van der Waals surface area contributed by atoms with Crippen molar-refractivity contribution in [2.75, 3.05) is 12.4 Å². The van der Waals surface area contributed by atoms with Crippen LogP contribution in [0.1, 0.15) is 5.89 Å². The molecule has 0 aliphatic heterocycles. The van der Waals surface area contributed by atoms with E-state index in [1.165, 1.54) is 7.11 Å². The number of hydrogen-bond donors (Lipinski definition) is 2. The maximum Gasteiger partial charge on any atom is 0.319 e. The number of methoxy groups -OCH3 is 1. The summed E-state index contributed by atoms with van der Waals surface area (Å²) in [6.45, 7) is 0.0818. The molecule has 2 N–H and O–H groups in total. The number of anilines is 1. The SMILES string of the molecule is COc1ccccc1NC(=O)NCc1nc(-c2ccccc2Cl)no1. The van der Waals surface area contributed by atoms with Crippen LogP contribution in [0.5, 0.6) is 5.75 Å². The first kappa shape index (κ1) is 16.8. The fraction of sp³-hybridized carbons (Fsp3) is 0.118. The molecule has 0 saturated carbocycles. The highest BCUT2D eigenvalue weighted by Crippen LogP contribution is 2.25. The van der Waals surface area contributed by atoms with E-state index in [9.17, 15) is 4.79 Å². The minimum atomic E-state index is -0.415. The Morgan fingerprint density at radius 2 is 1.96 bits per heavy atom. The van der Waals surface area contributed by atoms with Gasteiger partial charge in [0.05, 0.1) is 24.4 Å². The van der Waals surface area contributed by atoms with E-state index in [2.05, 4.69) is 20.8 Å². The molecule has 1 heterocycles. The Bertz CT molecular complexity index is 882. The molecule has 2 amide bonds. The van der Waals surface area contributed by atoms with Crippen molar-refractivity contribution in [2.24, 2.45) is 0 Å². The van der Waals surface area contributed by atoms with Crippen LogP contribution in [0.25, 0.3) is 11.4 Å². The van der Waals surface area contributed by atoms with E-state index in [0.717, 1.165) is 0 Å². The van der Waals surface area contributed by atoms with Crippen LogP contribution in [0.15, 0.2) is 53.1 Å². The van der Waals surface area contributed by atoms with Crippen LogP contribution in [0.4, 0.5) is 10.5 Å². The van der Waals surface area contributed by atoms with Gasteiger partial charge in [-0.15, -0.1) is 0 Å². The second-order valence-electron chi connectivity index (χ2n) is 5.00. The molecule has 3 rings (SSSR count). The summed E-state index contributed by atoms with van der Waals surface area (Å²) in [5.74, 6) is 1.20. The van der Waals surface area contributed by atoms with Crippen molar-refractivity contribution >= 4 is 23.3 Å². The average Bonchev–Trinajstić information content (AvgIpc) is 3.09. The lowest BCUT2D eigenvalue weighted by atomic mass is 10.2. The third-order valence-corrected chi connectivity index (χ3v) is 3.67. The largest absolute Gasteiger partial charge is 0.495 e. The molecule has 128 valence electrons. The van der Waals surface area contributed by atoms with Gasteiger partial charge in [0.15, 0.2) is 0 Å². The van der Waals surface area contributed by atoms with Crippen molar-refractivity contribution in [3.05, 3.63) is 59.4 Å². The monoisotopic (exact) mass is 358 g/mol. The number of carbonyl (C=O) groups is 1. The minimum Gasteiger partial charge on any atom is -0.495 e. The predicted molar refractivity (Wildman–Crippen MR) is 93.6 cm³/mol. The Morgan fingerprint density at radius 1 is 1.20 bits per heavy atom. The number of aromatic nitrogens is 2. The van der Waals surface area contributed by atoms with Crippen LogP contribution in [0.2, 0.25) is 5.02 Å². The number of nitrogens with zero attached hydrogens (tertiary/aromatic N) is 2. The minimum absolute atomic E-state index is 0.0818. The van der Waals surface area contributed by atoms with E-state index in [0.29, 0.717) is 27.8 Å². The average molecular weight is 359 g/mol. The highest BCUT2D eigenvalue weighted by atomic mass is 35.5. The Labute approximate surface area is 149 Å². The van der Waals surface area contributed by atoms with Gasteiger partial charge in [0, 0.05) is 5.56 Å². The quantitative estimate of drug-likeness (QED) is 0.725. The molecule has 7 nitrogen and oxygen atoms in total. The smallest absolute Gasteiger partial charge is 0.319 e. The van der Waals surface area contributed by atoms with Crippen LogP contribution in [0.3, 0.4) is 0 Å². The second kappa shape index (κ2) is 7.67. The summed E-state index contributed by atoms with van der Waals surface area (Å²) < 4.78 is 10.3. The Hall–Kier alpha value is -3.06. The third-order valence-electron chi connectivity index (χ3n) is 3.34. The van der Waals surface area contributed by atoms with Gasteiger partial charge in [0.1, 0.15) is 5.75 Å². The lowest BCUT2D eigenvalue weighted by Gasteiger charge is -2.09. The Balaban J connectivity index is 1.61. The first-order valence-electron chi connectivity index (χ1n) is 7.42. The summed E-state index contributed by atoms with van der Waals surface area (Å²) in [5, 5.41) is 9.74. The lowest BCUT2D eigenvalue weighted by molar-refractivity contribution is 0.249. The zero-order chi connectivity index (χ0) is 17.6. The van der Waals surface area contributed by atoms with Gasteiger partial charge in [-0.05, 0) is 24.3 Å². The maximum absolute atomic E-state index is 12.0. The molecule has 3 aromatic rings. The zero-order valence-corrected chi connectivity index (χ0v) is 14.1. The number of nitrogens with one attached hydrogen (secondary N) is 2. The van der Waals surface area contributed by atoms with Crippen LogP contribution in [-0.4, -0.2) is 23.3 Å². The van der Waals surface area contributed by atoms with Crippen LogP contribution in [0, 0.1) is 0 Å². The molecule has 1 aromatic heterocycles. The maximum atomic E-state index is 12.0. The molecule has 0 saturated heterocycles. The molecule has 0 fully saturated rings. The molecular weight excluding hydrogens is 344 g/mol. The van der Waals surface area contributed by atoms with Gasteiger partial charge in [-0.2, -0.15) is 4.98 Å². The van der Waals surface area contributed by atoms with E-state index < -0.39 is 6.03 Å². The zero-order valence-electron chi connectivity index (χ0n) is 13.3. The predicted octanol–water partition coefficient (Wildman–Crippen LogP) is 3.72. The molecule has 2 aromatic carbocycles. The molecule has 0 unspecified atom stereocenters. The number of benzene rings is 2. The second-order valence-corrected chi connectivity index (χ2v) is 5.41.